The third-order valence-corrected chi connectivity index (χ3v) is 21.5. The van der Waals surface area contributed by atoms with Crippen LogP contribution in [0.3, 0.4) is 0 Å². The number of aliphatic hydroxyl groups excluding tert-OH is 1. The third kappa shape index (κ3) is 20.5. The maximum absolute atomic E-state index is 15.0. The number of pyridine rings is 1. The SMILES string of the molecule is COc1cc2cc(c1Cl)N(C)C(=O)C[C@H](OC(=O)[C@@H](C)N(C)C(=O)CCSSCCOCCOCCOCCC(=O)NCCNc1ncc(-c3cc(C)cc(F)c3)c(N3CCC(N)CC3)c1-c1nc3ccc(Cl)cc3[nH]1)[C@]1(C)OC1[C@@H](C)C1CC(C/C=C/C=C(\C)C2)[C@H](CO)NC(=O)O1. The van der Waals surface area contributed by atoms with Crippen LogP contribution in [0.1, 0.15) is 83.8 Å². The van der Waals surface area contributed by atoms with Crippen LogP contribution < -0.4 is 36.2 Å². The molecule has 6 heterocycles. The van der Waals surface area contributed by atoms with Crippen molar-refractivity contribution in [2.24, 2.45) is 17.6 Å². The van der Waals surface area contributed by atoms with Gasteiger partial charge in [0.15, 0.2) is 0 Å². The number of likely N-dealkylation sites (N-methyl/N-ethyl adjacent to an activating group) is 1. The summed E-state index contributed by atoms with van der Waals surface area (Å²) in [7, 11) is 7.71. The smallest absolute Gasteiger partial charge is 0.407 e. The number of H-pyrrole nitrogens is 1. The van der Waals surface area contributed by atoms with E-state index in [4.69, 9.17) is 72.1 Å². The zero-order valence-electron chi connectivity index (χ0n) is 57.5. The van der Waals surface area contributed by atoms with Crippen molar-refractivity contribution >= 4 is 103 Å². The number of hydrogen-bond acceptors (Lipinski definition) is 20. The van der Waals surface area contributed by atoms with Crippen molar-refractivity contribution in [3.05, 3.63) is 106 Å². The van der Waals surface area contributed by atoms with Gasteiger partial charge in [-0.25, -0.2) is 23.9 Å². The molecular formula is C71H93Cl2FN10O13S2. The Morgan fingerprint density at radius 1 is 0.980 bits per heavy atom. The van der Waals surface area contributed by atoms with Gasteiger partial charge in [-0.05, 0) is 125 Å². The highest BCUT2D eigenvalue weighted by atomic mass is 35.5. The molecule has 23 nitrogen and oxygen atoms in total. The van der Waals surface area contributed by atoms with E-state index >= 15 is 0 Å². The van der Waals surface area contributed by atoms with Gasteiger partial charge in [0.05, 0.1) is 99.9 Å². The molecule has 0 saturated carbocycles. The number of rotatable bonds is 28. The van der Waals surface area contributed by atoms with Crippen LogP contribution in [0, 0.1) is 24.6 Å². The van der Waals surface area contributed by atoms with Crippen molar-refractivity contribution in [1.82, 2.24) is 30.5 Å². The molecule has 4 bridgehead atoms. The number of nitrogens with zero attached hydrogens (tertiary/aromatic N) is 5. The van der Waals surface area contributed by atoms with E-state index < -0.39 is 59.9 Å². The Bertz CT molecular complexity index is 3670. The number of amides is 4. The molecule has 0 spiro atoms. The number of hydrogen-bond donors (Lipinski definition) is 6. The van der Waals surface area contributed by atoms with E-state index in [1.54, 1.807) is 51.0 Å². The molecule has 3 fully saturated rings. The van der Waals surface area contributed by atoms with Crippen LogP contribution in [0.15, 0.2) is 78.5 Å². The van der Waals surface area contributed by atoms with Gasteiger partial charge in [0.2, 0.25) is 17.7 Å². The highest BCUT2D eigenvalue weighted by Gasteiger charge is 2.64. The number of methoxy groups -OCH3 is 1. The number of esters is 1. The Morgan fingerprint density at radius 2 is 1.72 bits per heavy atom. The summed E-state index contributed by atoms with van der Waals surface area (Å²) in [5.74, 6) is 0.0698. The Morgan fingerprint density at radius 3 is 2.45 bits per heavy atom. The summed E-state index contributed by atoms with van der Waals surface area (Å²) in [6.45, 7) is 12.9. The Kier molecular flexibility index (Phi) is 28.0. The van der Waals surface area contributed by atoms with Gasteiger partial charge in [-0.15, -0.1) is 0 Å². The predicted molar refractivity (Wildman–Crippen MR) is 386 cm³/mol. The molecule has 7 N–H and O–H groups in total. The van der Waals surface area contributed by atoms with Gasteiger partial charge in [0, 0.05) is 93.4 Å². The summed E-state index contributed by atoms with van der Waals surface area (Å²) in [5, 5.41) is 20.3. The molecule has 3 aromatic carbocycles. The van der Waals surface area contributed by atoms with E-state index in [0.29, 0.717) is 129 Å². The first-order chi connectivity index (χ1) is 47.5. The fourth-order valence-corrected chi connectivity index (χ4v) is 15.0. The maximum Gasteiger partial charge on any atom is 0.407 e. The highest BCUT2D eigenvalue weighted by Crippen LogP contribution is 2.50. The Hall–Kier alpha value is -6.72. The molecular weight excluding hydrogens is 1350 g/mol. The summed E-state index contributed by atoms with van der Waals surface area (Å²) in [6, 6.07) is 12.6. The summed E-state index contributed by atoms with van der Waals surface area (Å²) >= 11 is 13.2. The van der Waals surface area contributed by atoms with Crippen LogP contribution in [0.5, 0.6) is 5.75 Å². The van der Waals surface area contributed by atoms with Gasteiger partial charge >= 0.3 is 12.1 Å². The first kappa shape index (κ1) is 76.5. The highest BCUT2D eigenvalue weighted by molar-refractivity contribution is 8.76. The number of carbonyl (C=O) groups excluding carboxylic acids is 5. The molecule has 5 aromatic rings. The second-order valence-electron chi connectivity index (χ2n) is 25.8. The number of aromatic amines is 1. The summed E-state index contributed by atoms with van der Waals surface area (Å²) in [6.07, 6.45) is 7.68. The average Bonchev–Trinajstić information content (AvgIpc) is 1.60. The number of benzene rings is 3. The summed E-state index contributed by atoms with van der Waals surface area (Å²) in [5.41, 5.74) is 12.7. The normalized spacial score (nSPS) is 22.7. The number of nitrogens with one attached hydrogen (secondary N) is 4. The number of carbonyl (C=O) groups is 5. The number of aliphatic hydroxyl groups is 1. The molecule has 0 radical (unpaired) electrons. The van der Waals surface area contributed by atoms with Crippen molar-refractivity contribution in [2.45, 2.75) is 128 Å². The topological polar surface area (TPSA) is 287 Å². The second kappa shape index (κ2) is 36.2. The van der Waals surface area contributed by atoms with E-state index in [1.807, 2.05) is 69.3 Å². The van der Waals surface area contributed by atoms with Crippen LogP contribution in [-0.4, -0.2) is 202 Å². The van der Waals surface area contributed by atoms with Crippen molar-refractivity contribution in [3.8, 4) is 28.3 Å². The quantitative estimate of drug-likeness (QED) is 0.0117. The van der Waals surface area contributed by atoms with Crippen LogP contribution in [0.25, 0.3) is 33.5 Å². The number of allylic oxidation sites excluding steroid dienone is 4. The van der Waals surface area contributed by atoms with Gasteiger partial charge in [-0.3, -0.25) is 14.4 Å². The third-order valence-electron chi connectivity index (χ3n) is 18.6. The number of halogens is 3. The molecule has 4 aliphatic heterocycles. The first-order valence-electron chi connectivity index (χ1n) is 33.7. The van der Waals surface area contributed by atoms with E-state index in [-0.39, 0.29) is 67.1 Å². The summed E-state index contributed by atoms with van der Waals surface area (Å²) < 4.78 is 56.3. The molecule has 8 atom stereocenters. The van der Waals surface area contributed by atoms with Crippen LogP contribution in [0.2, 0.25) is 10.0 Å². The Balaban J connectivity index is 0.671. The molecule has 99 heavy (non-hydrogen) atoms. The van der Waals surface area contributed by atoms with E-state index in [0.717, 1.165) is 51.8 Å². The van der Waals surface area contributed by atoms with Crippen LogP contribution in [-0.2, 0) is 54.0 Å². The largest absolute Gasteiger partial charge is 0.495 e. The van der Waals surface area contributed by atoms with Crippen molar-refractivity contribution in [2.75, 3.05) is 120 Å². The van der Waals surface area contributed by atoms with Gasteiger partial charge in [-0.2, -0.15) is 0 Å². The second-order valence-corrected chi connectivity index (χ2v) is 29.3. The number of epoxide rings is 1. The minimum absolute atomic E-state index is 0.0728. The molecule has 538 valence electrons. The van der Waals surface area contributed by atoms with Gasteiger partial charge in [0.25, 0.3) is 0 Å². The molecule has 4 aliphatic rings. The standard InChI is InChI=1S/C71H93Cl2FN10O13S2/c1-42-11-9-10-12-47-37-57(95-70(90)81-55(47)41-85)44(3)66-71(5,97-66)59(39-62(88)83(7)56-34-46(31-42)35-58(91-8)64(56)73)96-69(89)45(4)82(6)61(87)18-29-98-99-30-28-94-27-26-93-25-24-92-23-17-60(86)76-19-20-77-67-63(68-79-53-14-13-49(72)38-54(53)80-68)65(84-21-15-51(75)16-22-84)52(40-78-67)48-32-43(2)33-50(74)36-48/h9-11,13-14,32-36,38,40,44-45,47,51,55,57,59,66,85H,12,15-31,37,39,41,75H2,1-8H3,(H,76,86)(H,77,78)(H,79,80)(H,81,90)/b10-9+,42-11+/t44-,45+,47?,55-,57?,59-,66?,71-/m0/s1. The number of nitrogens with two attached hydrogens (primary N) is 1. The number of anilines is 3. The predicted octanol–water partition coefficient (Wildman–Crippen LogP) is 10.3. The zero-order chi connectivity index (χ0) is 70.9. The number of alkyl carbamates (subject to hydrolysis) is 1. The van der Waals surface area contributed by atoms with Gasteiger partial charge in [0.1, 0.15) is 52.1 Å². The lowest BCUT2D eigenvalue weighted by atomic mass is 9.82. The fraction of sp³-hybridized carbons (Fsp3) is 0.535. The molecule has 9 rings (SSSR count). The lowest BCUT2D eigenvalue weighted by Crippen LogP contribution is -2.47. The lowest BCUT2D eigenvalue weighted by Gasteiger charge is -2.35. The van der Waals surface area contributed by atoms with Gasteiger partial charge in [-0.1, -0.05) is 81.6 Å². The number of ether oxygens (including phenoxy) is 7. The monoisotopic (exact) mass is 1450 g/mol. The number of aromatic nitrogens is 3. The van der Waals surface area contributed by atoms with E-state index in [1.165, 1.54) is 39.8 Å². The van der Waals surface area contributed by atoms with Crippen LogP contribution >= 0.6 is 44.8 Å². The molecule has 3 saturated heterocycles. The van der Waals surface area contributed by atoms with Crippen molar-refractivity contribution < 1.29 is 66.6 Å². The average molecular weight is 1450 g/mol. The minimum Gasteiger partial charge on any atom is -0.495 e. The minimum atomic E-state index is -1.20. The van der Waals surface area contributed by atoms with E-state index in [2.05, 4.69) is 25.8 Å². The van der Waals surface area contributed by atoms with Gasteiger partial charge < -0.3 is 79.6 Å². The van der Waals surface area contributed by atoms with Crippen molar-refractivity contribution in [3.63, 3.8) is 0 Å². The number of fused-ring (bicyclic) bond motifs is 6. The van der Waals surface area contributed by atoms with E-state index in [9.17, 15) is 33.5 Å². The van der Waals surface area contributed by atoms with Crippen LogP contribution in [0.4, 0.5) is 26.4 Å². The Labute approximate surface area is 596 Å². The van der Waals surface area contributed by atoms with Crippen molar-refractivity contribution in [1.29, 1.82) is 0 Å². The molecule has 2 aromatic heterocycles. The fourth-order valence-electron chi connectivity index (χ4n) is 12.7. The first-order valence-corrected chi connectivity index (χ1v) is 36.9. The maximum atomic E-state index is 15.0. The summed E-state index contributed by atoms with van der Waals surface area (Å²) in [4.78, 5) is 86.4. The molecule has 0 aliphatic carbocycles. The molecule has 28 heteroatoms. The molecule has 3 unspecified atom stereocenters. The number of imidazole rings is 1. The number of piperidine rings is 1. The molecule has 4 amide bonds. The number of aryl methyl sites for hydroxylation is 1. The zero-order valence-corrected chi connectivity index (χ0v) is 60.7. The lowest BCUT2D eigenvalue weighted by molar-refractivity contribution is -0.161.